The molecule has 1 fully saturated rings. The van der Waals surface area contributed by atoms with Crippen LogP contribution in [0.3, 0.4) is 0 Å². The molecule has 0 saturated carbocycles. The normalized spacial score (nSPS) is 18.4. The van der Waals surface area contributed by atoms with E-state index in [1.807, 2.05) is 20.8 Å². The minimum Gasteiger partial charge on any atom is -0.406 e. The number of hydrogen-bond donors (Lipinski definition) is 0. The van der Waals surface area contributed by atoms with E-state index in [4.69, 9.17) is 0 Å². The molecule has 1 aliphatic heterocycles. The third-order valence-corrected chi connectivity index (χ3v) is 4.43. The van der Waals surface area contributed by atoms with Gasteiger partial charge in [0.15, 0.2) is 0 Å². The summed E-state index contributed by atoms with van der Waals surface area (Å²) in [4.78, 5) is 25.4. The number of ether oxygens (including phenoxy) is 1. The number of nitrogens with zero attached hydrogens (tertiary/aromatic N) is 2. The van der Waals surface area contributed by atoms with Crippen molar-refractivity contribution in [3.05, 3.63) is 24.3 Å². The molecule has 5 nitrogen and oxygen atoms in total. The number of halogens is 3. The number of alkyl halides is 3. The molecule has 2 rings (SSSR count). The van der Waals surface area contributed by atoms with Gasteiger partial charge in [-0.2, -0.15) is 0 Å². The molecule has 1 aromatic carbocycles. The van der Waals surface area contributed by atoms with E-state index < -0.39 is 18.2 Å². The second-order valence-electron chi connectivity index (χ2n) is 6.51. The lowest BCUT2D eigenvalue weighted by Gasteiger charge is -2.29. The van der Waals surface area contributed by atoms with Crippen LogP contribution in [-0.4, -0.2) is 40.3 Å². The Morgan fingerprint density at radius 2 is 2.00 bits per heavy atom. The first kappa shape index (κ1) is 19.4. The minimum atomic E-state index is -4.80. The van der Waals surface area contributed by atoms with Crippen LogP contribution in [0.5, 0.6) is 5.75 Å². The molecule has 1 saturated heterocycles. The minimum absolute atomic E-state index is 0.255. The van der Waals surface area contributed by atoms with Crippen molar-refractivity contribution in [1.82, 2.24) is 4.31 Å². The summed E-state index contributed by atoms with van der Waals surface area (Å²) in [5.74, 6) is -0.717. The molecule has 2 amide bonds. The Labute approximate surface area is 148 Å². The molecule has 0 radical (unpaired) electrons. The van der Waals surface area contributed by atoms with Gasteiger partial charge < -0.3 is 9.64 Å². The van der Waals surface area contributed by atoms with E-state index in [0.29, 0.717) is 25.1 Å². The fourth-order valence-corrected chi connectivity index (χ4v) is 3.48. The smallest absolute Gasteiger partial charge is 0.406 e. The molecule has 0 aliphatic carbocycles. The Morgan fingerprint density at radius 3 is 2.56 bits per heavy atom. The van der Waals surface area contributed by atoms with Crippen LogP contribution in [0.2, 0.25) is 0 Å². The van der Waals surface area contributed by atoms with E-state index >= 15 is 0 Å². The highest BCUT2D eigenvalue weighted by atomic mass is 32.2. The third-order valence-electron chi connectivity index (χ3n) is 3.33. The Hall–Kier alpha value is -1.90. The van der Waals surface area contributed by atoms with Crippen LogP contribution in [0.25, 0.3) is 0 Å². The average Bonchev–Trinajstić information content (AvgIpc) is 2.84. The van der Waals surface area contributed by atoms with Gasteiger partial charge in [-0.25, -0.2) is 0 Å². The van der Waals surface area contributed by atoms with Gasteiger partial charge in [0.25, 0.3) is 5.91 Å². The van der Waals surface area contributed by atoms with Crippen molar-refractivity contribution in [3.63, 3.8) is 0 Å². The van der Waals surface area contributed by atoms with Crippen LogP contribution in [0, 0.1) is 0 Å². The zero-order chi connectivity index (χ0) is 18.8. The Bertz CT molecular complexity index is 646. The van der Waals surface area contributed by atoms with Crippen molar-refractivity contribution in [2.75, 3.05) is 11.4 Å². The summed E-state index contributed by atoms with van der Waals surface area (Å²) in [5.41, 5.74) is 0.306. The van der Waals surface area contributed by atoms with E-state index in [1.165, 1.54) is 39.4 Å². The van der Waals surface area contributed by atoms with Crippen molar-refractivity contribution in [3.8, 4) is 5.75 Å². The fourth-order valence-electron chi connectivity index (χ4n) is 2.48. The molecule has 0 bridgehead atoms. The van der Waals surface area contributed by atoms with E-state index in [9.17, 15) is 22.8 Å². The number of anilines is 1. The van der Waals surface area contributed by atoms with Crippen molar-refractivity contribution in [2.45, 2.75) is 44.3 Å². The standard InChI is InChI=1S/C16H19F3N2O3S/c1-15(2,3)25-21(10-22)13-7-8-20(14(13)23)11-5-4-6-12(9-11)24-16(17,18)19/h4-6,9-10,13H,7-8H2,1-3H3. The maximum absolute atomic E-state index is 12.6. The molecule has 25 heavy (non-hydrogen) atoms. The third kappa shape index (κ3) is 5.29. The number of hydrogen-bond acceptors (Lipinski definition) is 4. The summed E-state index contributed by atoms with van der Waals surface area (Å²) in [5, 5.41) is 0. The second-order valence-corrected chi connectivity index (χ2v) is 8.34. The highest BCUT2D eigenvalue weighted by Crippen LogP contribution is 2.34. The van der Waals surface area contributed by atoms with Crippen LogP contribution in [0.1, 0.15) is 27.2 Å². The van der Waals surface area contributed by atoms with Crippen molar-refractivity contribution >= 4 is 30.0 Å². The summed E-state index contributed by atoms with van der Waals surface area (Å²) < 4.78 is 42.0. The Kier molecular flexibility index (Phi) is 5.55. The van der Waals surface area contributed by atoms with Gasteiger partial charge >= 0.3 is 6.36 Å². The molecular weight excluding hydrogens is 357 g/mol. The van der Waals surface area contributed by atoms with E-state index in [-0.39, 0.29) is 10.7 Å². The maximum atomic E-state index is 12.6. The Balaban J connectivity index is 2.16. The van der Waals surface area contributed by atoms with E-state index in [0.717, 1.165) is 6.07 Å². The lowest BCUT2D eigenvalue weighted by atomic mass is 10.2. The lowest BCUT2D eigenvalue weighted by molar-refractivity contribution is -0.274. The zero-order valence-corrected chi connectivity index (χ0v) is 14.9. The monoisotopic (exact) mass is 376 g/mol. The zero-order valence-electron chi connectivity index (χ0n) is 14.0. The largest absolute Gasteiger partial charge is 0.573 e. The molecule has 1 heterocycles. The van der Waals surface area contributed by atoms with Crippen LogP contribution in [0.4, 0.5) is 18.9 Å². The lowest BCUT2D eigenvalue weighted by Crippen LogP contribution is -2.39. The number of carbonyl (C=O) groups is 2. The number of carbonyl (C=O) groups excluding carboxylic acids is 2. The highest BCUT2D eigenvalue weighted by molar-refractivity contribution is 7.98. The van der Waals surface area contributed by atoms with Crippen LogP contribution in [-0.2, 0) is 9.59 Å². The van der Waals surface area contributed by atoms with E-state index in [2.05, 4.69) is 4.74 Å². The summed E-state index contributed by atoms with van der Waals surface area (Å²) in [6, 6.07) is 4.61. The molecule has 0 spiro atoms. The SMILES string of the molecule is CC(C)(C)SN(C=O)C1CCN(c2cccc(OC(F)(F)F)c2)C1=O. The van der Waals surface area contributed by atoms with Crippen molar-refractivity contribution in [1.29, 1.82) is 0 Å². The first-order valence-corrected chi connectivity index (χ1v) is 8.37. The van der Waals surface area contributed by atoms with Crippen molar-refractivity contribution in [2.24, 2.45) is 0 Å². The first-order chi connectivity index (χ1) is 11.5. The molecule has 138 valence electrons. The average molecular weight is 376 g/mol. The predicted octanol–water partition coefficient (Wildman–Crippen LogP) is 3.60. The fraction of sp³-hybridized carbons (Fsp3) is 0.500. The molecular formula is C16H19F3N2O3S. The van der Waals surface area contributed by atoms with Crippen LogP contribution in [0.15, 0.2) is 24.3 Å². The van der Waals surface area contributed by atoms with Gasteiger partial charge in [-0.05, 0) is 51.3 Å². The molecule has 0 aromatic heterocycles. The van der Waals surface area contributed by atoms with Gasteiger partial charge in [0.2, 0.25) is 6.41 Å². The topological polar surface area (TPSA) is 49.9 Å². The first-order valence-electron chi connectivity index (χ1n) is 7.60. The summed E-state index contributed by atoms with van der Waals surface area (Å²) in [6.45, 7) is 6.07. The molecule has 1 atom stereocenters. The van der Waals surface area contributed by atoms with Gasteiger partial charge in [0.1, 0.15) is 11.8 Å². The molecule has 1 aromatic rings. The molecule has 1 aliphatic rings. The quantitative estimate of drug-likeness (QED) is 0.582. The van der Waals surface area contributed by atoms with Gasteiger partial charge in [-0.3, -0.25) is 13.9 Å². The van der Waals surface area contributed by atoms with Crippen LogP contribution < -0.4 is 9.64 Å². The highest BCUT2D eigenvalue weighted by Gasteiger charge is 2.38. The van der Waals surface area contributed by atoms with Gasteiger partial charge in [-0.15, -0.1) is 13.2 Å². The molecule has 9 heteroatoms. The molecule has 1 unspecified atom stereocenters. The second kappa shape index (κ2) is 7.15. The predicted molar refractivity (Wildman–Crippen MR) is 89.1 cm³/mol. The van der Waals surface area contributed by atoms with Gasteiger partial charge in [-0.1, -0.05) is 6.07 Å². The Morgan fingerprint density at radius 1 is 1.32 bits per heavy atom. The van der Waals surface area contributed by atoms with Crippen molar-refractivity contribution < 1.29 is 27.5 Å². The van der Waals surface area contributed by atoms with Gasteiger partial charge in [0, 0.05) is 23.0 Å². The maximum Gasteiger partial charge on any atom is 0.573 e. The molecule has 0 N–H and O–H groups in total. The van der Waals surface area contributed by atoms with E-state index in [1.54, 1.807) is 0 Å². The summed E-state index contributed by atoms with van der Waals surface area (Å²) >= 11 is 1.26. The van der Waals surface area contributed by atoms with Crippen LogP contribution >= 0.6 is 11.9 Å². The number of amides is 2. The van der Waals surface area contributed by atoms with Gasteiger partial charge in [0.05, 0.1) is 0 Å². The summed E-state index contributed by atoms with van der Waals surface area (Å²) in [6.07, 6.45) is -3.77. The summed E-state index contributed by atoms with van der Waals surface area (Å²) in [7, 11) is 0. The number of benzene rings is 1. The number of rotatable bonds is 5.